The normalized spacial score (nSPS) is 21.3. The number of halogens is 1. The van der Waals surface area contributed by atoms with Crippen molar-refractivity contribution in [1.82, 2.24) is 13.8 Å². The van der Waals surface area contributed by atoms with Gasteiger partial charge in [-0.1, -0.05) is 30.7 Å². The van der Waals surface area contributed by atoms with Crippen LogP contribution in [0, 0.1) is 0 Å². The van der Waals surface area contributed by atoms with Gasteiger partial charge in [-0.25, -0.2) is 19.1 Å². The highest BCUT2D eigenvalue weighted by Gasteiger charge is 2.25. The second kappa shape index (κ2) is 11.2. The van der Waals surface area contributed by atoms with Gasteiger partial charge in [-0.05, 0) is 67.6 Å². The van der Waals surface area contributed by atoms with E-state index in [0.717, 1.165) is 45.3 Å². The molecule has 3 aromatic rings. The van der Waals surface area contributed by atoms with Gasteiger partial charge in [0.15, 0.2) is 6.29 Å². The van der Waals surface area contributed by atoms with E-state index in [1.54, 1.807) is 12.1 Å². The first-order chi connectivity index (χ1) is 18.3. The first kappa shape index (κ1) is 26.3. The molecule has 1 saturated heterocycles. The standard InChI is InChI=1S/C27H33ClN6O4/c1-17-18(2)30-23-11-10-21(15-22(17)23)31-25-33(16-19-6-8-20(28)9-7-19)26(35)32(27(36)34(25)29)12-14-38-24-5-3-4-13-37-24/h6-11,15,17-18,24,30H,3-5,12-14,16,29H2,1-2H3. The molecule has 2 aromatic carbocycles. The number of rotatable bonds is 7. The van der Waals surface area contributed by atoms with E-state index in [0.29, 0.717) is 29.3 Å². The van der Waals surface area contributed by atoms with Crippen molar-refractivity contribution in [2.45, 2.75) is 64.4 Å². The maximum atomic E-state index is 13.7. The Morgan fingerprint density at radius 2 is 1.89 bits per heavy atom. The Morgan fingerprint density at radius 1 is 1.11 bits per heavy atom. The number of nitrogens with one attached hydrogen (secondary N) is 1. The van der Waals surface area contributed by atoms with Crippen molar-refractivity contribution in [3.05, 3.63) is 85.2 Å². The van der Waals surface area contributed by atoms with Crippen molar-refractivity contribution in [3.63, 3.8) is 0 Å². The zero-order chi connectivity index (χ0) is 26.8. The van der Waals surface area contributed by atoms with Gasteiger partial charge in [-0.2, -0.15) is 4.68 Å². The molecular weight excluding hydrogens is 508 g/mol. The summed E-state index contributed by atoms with van der Waals surface area (Å²) in [6.45, 7) is 5.25. The topological polar surface area (TPSA) is 118 Å². The summed E-state index contributed by atoms with van der Waals surface area (Å²) in [5, 5.41) is 4.04. The molecule has 11 heteroatoms. The van der Waals surface area contributed by atoms with Crippen LogP contribution in [-0.2, 0) is 22.6 Å². The number of nitrogens with two attached hydrogens (primary N) is 1. The van der Waals surface area contributed by atoms with E-state index in [4.69, 9.17) is 31.9 Å². The molecule has 1 aromatic heterocycles. The van der Waals surface area contributed by atoms with Gasteiger partial charge >= 0.3 is 11.4 Å². The van der Waals surface area contributed by atoms with E-state index >= 15 is 0 Å². The Morgan fingerprint density at radius 3 is 2.63 bits per heavy atom. The van der Waals surface area contributed by atoms with E-state index in [9.17, 15) is 9.59 Å². The average Bonchev–Trinajstić information content (AvgIpc) is 3.21. The molecule has 3 heterocycles. The quantitative estimate of drug-likeness (QED) is 0.445. The van der Waals surface area contributed by atoms with E-state index in [2.05, 4.69) is 19.2 Å². The van der Waals surface area contributed by atoms with Crippen LogP contribution in [0.5, 0.6) is 0 Å². The molecule has 0 spiro atoms. The summed E-state index contributed by atoms with van der Waals surface area (Å²) >= 11 is 6.06. The molecule has 0 aliphatic carbocycles. The number of aromatic nitrogens is 3. The van der Waals surface area contributed by atoms with Crippen molar-refractivity contribution < 1.29 is 9.47 Å². The minimum Gasteiger partial charge on any atom is -0.382 e. The van der Waals surface area contributed by atoms with Gasteiger partial charge in [0.1, 0.15) is 0 Å². The van der Waals surface area contributed by atoms with Crippen LogP contribution in [0.15, 0.2) is 57.0 Å². The highest BCUT2D eigenvalue weighted by atomic mass is 35.5. The third-order valence-electron chi connectivity index (χ3n) is 7.25. The molecule has 202 valence electrons. The van der Waals surface area contributed by atoms with Gasteiger partial charge < -0.3 is 20.6 Å². The van der Waals surface area contributed by atoms with Crippen molar-refractivity contribution in [2.24, 2.45) is 4.99 Å². The number of nitrogens with zero attached hydrogens (tertiary/aromatic N) is 4. The second-order valence-electron chi connectivity index (χ2n) is 9.87. The second-order valence-corrected chi connectivity index (χ2v) is 10.3. The number of nitrogen functional groups attached to an aromatic ring is 1. The summed E-state index contributed by atoms with van der Waals surface area (Å²) in [5.74, 6) is 6.58. The number of hydrogen-bond acceptors (Lipinski definition) is 7. The maximum absolute atomic E-state index is 13.7. The lowest BCUT2D eigenvalue weighted by Crippen LogP contribution is -2.58. The van der Waals surface area contributed by atoms with Crippen LogP contribution in [0.2, 0.25) is 5.02 Å². The monoisotopic (exact) mass is 540 g/mol. The van der Waals surface area contributed by atoms with Crippen LogP contribution >= 0.6 is 11.6 Å². The molecule has 38 heavy (non-hydrogen) atoms. The Balaban J connectivity index is 1.55. The summed E-state index contributed by atoms with van der Waals surface area (Å²) in [5.41, 5.74) is 2.46. The van der Waals surface area contributed by atoms with Crippen LogP contribution in [0.4, 0.5) is 11.4 Å². The molecule has 0 amide bonds. The van der Waals surface area contributed by atoms with Gasteiger partial charge in [0.2, 0.25) is 5.62 Å². The third kappa shape index (κ3) is 5.43. The molecule has 0 bridgehead atoms. The first-order valence-corrected chi connectivity index (χ1v) is 13.3. The fourth-order valence-electron chi connectivity index (χ4n) is 4.88. The predicted octanol–water partition coefficient (Wildman–Crippen LogP) is 2.92. The summed E-state index contributed by atoms with van der Waals surface area (Å²) in [7, 11) is 0. The molecule has 5 rings (SSSR count). The number of benzene rings is 2. The molecule has 1 fully saturated rings. The number of anilines is 1. The molecule has 0 saturated carbocycles. The van der Waals surface area contributed by atoms with Gasteiger partial charge in [0.05, 0.1) is 25.4 Å². The van der Waals surface area contributed by atoms with Crippen LogP contribution in [-0.4, -0.2) is 39.4 Å². The molecule has 2 aliphatic rings. The minimum absolute atomic E-state index is 0.0372. The smallest absolute Gasteiger partial charge is 0.353 e. The van der Waals surface area contributed by atoms with Crippen LogP contribution in [0.25, 0.3) is 0 Å². The highest BCUT2D eigenvalue weighted by molar-refractivity contribution is 6.30. The van der Waals surface area contributed by atoms with Crippen LogP contribution in [0.3, 0.4) is 0 Å². The molecule has 3 N–H and O–H groups in total. The Bertz CT molecular complexity index is 1490. The summed E-state index contributed by atoms with van der Waals surface area (Å²) in [6, 6.07) is 13.2. The van der Waals surface area contributed by atoms with Crippen LogP contribution in [0.1, 0.15) is 50.2 Å². The molecular formula is C27H33ClN6O4. The predicted molar refractivity (Wildman–Crippen MR) is 146 cm³/mol. The van der Waals surface area contributed by atoms with Crippen molar-refractivity contribution in [3.8, 4) is 0 Å². The number of fused-ring (bicyclic) bond motifs is 1. The lowest BCUT2D eigenvalue weighted by molar-refractivity contribution is -0.163. The van der Waals surface area contributed by atoms with Crippen LogP contribution < -0.4 is 28.2 Å². The minimum atomic E-state index is -0.668. The fraction of sp³-hybridized carbons (Fsp3) is 0.444. The lowest BCUT2D eigenvalue weighted by atomic mass is 9.98. The SMILES string of the molecule is CC1Nc2ccc(N=c3n(N)c(=O)n(CCOC4CCCCO4)c(=O)n3Cc3ccc(Cl)cc3)cc2C1C. The molecule has 10 nitrogen and oxygen atoms in total. The van der Waals surface area contributed by atoms with E-state index < -0.39 is 11.4 Å². The van der Waals surface area contributed by atoms with E-state index in [1.807, 2.05) is 30.3 Å². The molecule has 3 unspecified atom stereocenters. The zero-order valence-corrected chi connectivity index (χ0v) is 22.4. The lowest BCUT2D eigenvalue weighted by Gasteiger charge is -2.22. The van der Waals surface area contributed by atoms with Gasteiger partial charge in [0.25, 0.3) is 0 Å². The van der Waals surface area contributed by atoms with E-state index in [1.165, 1.54) is 4.57 Å². The van der Waals surface area contributed by atoms with Gasteiger partial charge in [-0.15, -0.1) is 0 Å². The van der Waals surface area contributed by atoms with Gasteiger partial charge in [0, 0.05) is 29.3 Å². The Hall–Kier alpha value is -3.34. The molecule has 0 radical (unpaired) electrons. The van der Waals surface area contributed by atoms with Crippen molar-refractivity contribution >= 4 is 23.0 Å². The van der Waals surface area contributed by atoms with Crippen molar-refractivity contribution in [1.29, 1.82) is 0 Å². The third-order valence-corrected chi connectivity index (χ3v) is 7.51. The van der Waals surface area contributed by atoms with Gasteiger partial charge in [-0.3, -0.25) is 4.57 Å². The first-order valence-electron chi connectivity index (χ1n) is 13.0. The number of hydrogen-bond donors (Lipinski definition) is 2. The molecule has 3 atom stereocenters. The molecule has 2 aliphatic heterocycles. The Labute approximate surface area is 225 Å². The maximum Gasteiger partial charge on any atom is 0.353 e. The summed E-state index contributed by atoms with van der Waals surface area (Å²) in [6.07, 6.45) is 2.49. The largest absolute Gasteiger partial charge is 0.382 e. The summed E-state index contributed by atoms with van der Waals surface area (Å²) in [4.78, 5) is 31.6. The average molecular weight is 541 g/mol. The number of ether oxygens (including phenoxy) is 2. The summed E-state index contributed by atoms with van der Waals surface area (Å²) < 4.78 is 14.8. The van der Waals surface area contributed by atoms with Crippen molar-refractivity contribution in [2.75, 3.05) is 24.4 Å². The Kier molecular flexibility index (Phi) is 7.73. The van der Waals surface area contributed by atoms with E-state index in [-0.39, 0.29) is 31.6 Å². The fourth-order valence-corrected chi connectivity index (χ4v) is 5.00. The zero-order valence-electron chi connectivity index (χ0n) is 21.6. The highest BCUT2D eigenvalue weighted by Crippen LogP contribution is 2.37.